The Hall–Kier alpha value is -1.88. The molecule has 4 unspecified atom stereocenters. The fraction of sp³-hybridized carbons (Fsp3) is 0.333. The Bertz CT molecular complexity index is 1760. The number of halogens is 4. The number of nitrogens with zero attached hydrogens (tertiary/aromatic N) is 2. The number of ether oxygens (including phenoxy) is 4. The predicted octanol–water partition coefficient (Wildman–Crippen LogP) is 8.31. The Morgan fingerprint density at radius 2 is 0.840 bits per heavy atom. The third-order valence-electron chi connectivity index (χ3n) is 9.27. The van der Waals surface area contributed by atoms with Crippen molar-refractivity contribution in [2.24, 2.45) is 10.2 Å². The summed E-state index contributed by atoms with van der Waals surface area (Å²) in [7, 11) is 6.64. The number of nitrogen functional groups attached to an aromatic ring is 2. The third kappa shape index (κ3) is 7.89. The normalized spacial score (nSPS) is 19.9. The van der Waals surface area contributed by atoms with Crippen LogP contribution in [0.5, 0.6) is 23.0 Å². The van der Waals surface area contributed by atoms with Crippen molar-refractivity contribution in [3.8, 4) is 23.0 Å². The minimum absolute atomic E-state index is 0.0421. The monoisotopic (exact) mass is 1130 g/mol. The second-order valence-corrected chi connectivity index (χ2v) is 16.9. The molecule has 0 bridgehead atoms. The van der Waals surface area contributed by atoms with Gasteiger partial charge in [-0.05, 0) is 185 Å². The quantitative estimate of drug-likeness (QED) is 0.0708. The number of azo groups is 1. The van der Waals surface area contributed by atoms with Gasteiger partial charge < -0.3 is 41.0 Å². The average molecular weight is 1130 g/mol. The van der Waals surface area contributed by atoms with Crippen LogP contribution in [0.25, 0.3) is 0 Å². The van der Waals surface area contributed by atoms with Crippen LogP contribution in [0, 0.1) is 14.3 Å². The molecule has 0 saturated heterocycles. The van der Waals surface area contributed by atoms with Gasteiger partial charge in [-0.25, -0.2) is 0 Å². The van der Waals surface area contributed by atoms with E-state index < -0.39 is 0 Å². The second-order valence-electron chi connectivity index (χ2n) is 12.2. The average Bonchev–Trinajstić information content (AvgIpc) is 3.11. The van der Waals surface area contributed by atoms with Crippen molar-refractivity contribution in [1.82, 2.24) is 10.6 Å². The van der Waals surface area contributed by atoms with Gasteiger partial charge >= 0.3 is 0 Å². The first-order chi connectivity index (χ1) is 24.0. The first-order valence-corrected chi connectivity index (χ1v) is 20.2. The lowest BCUT2D eigenvalue weighted by Gasteiger charge is -2.33. The van der Waals surface area contributed by atoms with Gasteiger partial charge in [0.25, 0.3) is 0 Å². The molecule has 4 aromatic rings. The minimum Gasteiger partial charge on any atom is -0.493 e. The molecule has 4 aromatic carbocycles. The first kappa shape index (κ1) is 37.9. The molecule has 0 aromatic heterocycles. The van der Waals surface area contributed by atoms with Crippen LogP contribution in [-0.2, 0) is 12.8 Å². The molecule has 14 heteroatoms. The summed E-state index contributed by atoms with van der Waals surface area (Å²) in [5.74, 6) is 2.69. The predicted molar refractivity (Wildman–Crippen MR) is 231 cm³/mol. The van der Waals surface area contributed by atoms with Crippen LogP contribution in [0.1, 0.15) is 57.5 Å². The fourth-order valence-electron chi connectivity index (χ4n) is 6.66. The number of nitrogens with two attached hydrogens (primary N) is 2. The van der Waals surface area contributed by atoms with Gasteiger partial charge in [-0.2, -0.15) is 10.2 Å². The molecule has 2 aliphatic heterocycles. The minimum atomic E-state index is -0.229. The van der Waals surface area contributed by atoms with Crippen molar-refractivity contribution >= 4 is 102 Å². The summed E-state index contributed by atoms with van der Waals surface area (Å²) in [6.45, 7) is 1.24. The van der Waals surface area contributed by atoms with Crippen molar-refractivity contribution in [3.05, 3.63) is 96.2 Å². The fourth-order valence-corrected chi connectivity index (χ4v) is 10.5. The molecule has 4 atom stereocenters. The van der Waals surface area contributed by atoms with Crippen LogP contribution >= 0.6 is 90.4 Å². The number of hydrogen-bond acceptors (Lipinski definition) is 10. The highest BCUT2D eigenvalue weighted by atomic mass is 127. The number of hydrogen-bond donors (Lipinski definition) is 4. The van der Waals surface area contributed by atoms with Crippen molar-refractivity contribution in [2.75, 3.05) is 53.0 Å². The molecule has 2 heterocycles. The number of rotatable bonds is 10. The number of benzene rings is 4. The zero-order valence-corrected chi connectivity index (χ0v) is 36.6. The highest BCUT2D eigenvalue weighted by Crippen LogP contribution is 2.44. The van der Waals surface area contributed by atoms with Gasteiger partial charge in [0.1, 0.15) is 12.1 Å². The zero-order valence-electron chi connectivity index (χ0n) is 28.0. The van der Waals surface area contributed by atoms with Crippen LogP contribution in [0.3, 0.4) is 0 Å². The number of nitrogens with one attached hydrogen (secondary N) is 2. The molecule has 0 aliphatic carbocycles. The van der Waals surface area contributed by atoms with Crippen molar-refractivity contribution in [3.63, 3.8) is 0 Å². The molecule has 0 amide bonds. The van der Waals surface area contributed by atoms with E-state index in [4.69, 9.17) is 40.6 Å². The number of methoxy groups -OCH3 is 4. The number of fused-ring (bicyclic) bond motifs is 2. The van der Waals surface area contributed by atoms with E-state index in [2.05, 4.69) is 150 Å². The second kappa shape index (κ2) is 16.4. The van der Waals surface area contributed by atoms with Gasteiger partial charge in [0, 0.05) is 39.5 Å². The third-order valence-corrected chi connectivity index (χ3v) is 12.8. The molecule has 0 spiro atoms. The molecule has 0 fully saturated rings. The van der Waals surface area contributed by atoms with E-state index in [1.54, 1.807) is 28.4 Å². The maximum absolute atomic E-state index is 6.26. The van der Waals surface area contributed by atoms with Crippen LogP contribution in [-0.4, -0.2) is 41.5 Å². The first-order valence-electron chi connectivity index (χ1n) is 15.9. The van der Waals surface area contributed by atoms with Gasteiger partial charge in [-0.3, -0.25) is 0 Å². The van der Waals surface area contributed by atoms with E-state index in [0.717, 1.165) is 60.8 Å². The van der Waals surface area contributed by atoms with Crippen molar-refractivity contribution in [1.29, 1.82) is 0 Å². The Morgan fingerprint density at radius 3 is 1.14 bits per heavy atom. The van der Waals surface area contributed by atoms with Crippen LogP contribution in [0.4, 0.5) is 11.4 Å². The Morgan fingerprint density at radius 1 is 0.540 bits per heavy atom. The van der Waals surface area contributed by atoms with Crippen LogP contribution in [0.15, 0.2) is 58.8 Å². The summed E-state index contributed by atoms with van der Waals surface area (Å²) in [6.07, 6.45) is 1.57. The largest absolute Gasteiger partial charge is 0.493 e. The van der Waals surface area contributed by atoms with Crippen LogP contribution in [0.2, 0.25) is 0 Å². The van der Waals surface area contributed by atoms with E-state index in [0.29, 0.717) is 36.1 Å². The summed E-state index contributed by atoms with van der Waals surface area (Å²) in [6, 6.07) is 16.5. The van der Waals surface area contributed by atoms with E-state index in [1.807, 2.05) is 0 Å². The molecular formula is C36H38I4N6O4. The van der Waals surface area contributed by atoms with Gasteiger partial charge in [-0.15, -0.1) is 0 Å². The Labute approximate surface area is 347 Å². The summed E-state index contributed by atoms with van der Waals surface area (Å²) in [5.41, 5.74) is 20.9. The Kier molecular flexibility index (Phi) is 12.4. The molecule has 6 N–H and O–H groups in total. The molecule has 0 radical (unpaired) electrons. The molecule has 6 rings (SSSR count). The maximum Gasteiger partial charge on any atom is 0.161 e. The smallest absolute Gasteiger partial charge is 0.161 e. The van der Waals surface area contributed by atoms with Crippen molar-refractivity contribution < 1.29 is 18.9 Å². The van der Waals surface area contributed by atoms with E-state index >= 15 is 0 Å². The maximum atomic E-state index is 6.26. The molecule has 0 saturated carbocycles. The van der Waals surface area contributed by atoms with Crippen molar-refractivity contribution in [2.45, 2.75) is 37.0 Å². The van der Waals surface area contributed by atoms with E-state index in [9.17, 15) is 0 Å². The molecule has 264 valence electrons. The lowest BCUT2D eigenvalue weighted by molar-refractivity contribution is 0.348. The molecular weight excluding hydrogens is 1090 g/mol. The van der Waals surface area contributed by atoms with Gasteiger partial charge in [-0.1, -0.05) is 0 Å². The van der Waals surface area contributed by atoms with Gasteiger partial charge in [0.15, 0.2) is 23.0 Å². The van der Waals surface area contributed by atoms with E-state index in [-0.39, 0.29) is 24.2 Å². The molecule has 2 aliphatic rings. The lowest BCUT2D eigenvalue weighted by Crippen LogP contribution is -2.35. The SMILES string of the molecule is COc1cc2c(cc1OC)C(Cc1cc(I)c(N)c(I)c1)NCC2N=NC1CNC(Cc2cc(I)c(N)c(I)c2)c2cc(OC)c(OC)cc21. The Balaban J connectivity index is 1.33. The summed E-state index contributed by atoms with van der Waals surface area (Å²) >= 11 is 9.22. The van der Waals surface area contributed by atoms with Crippen LogP contribution < -0.4 is 41.0 Å². The standard InChI is InChI=1S/C36H38I4N6O4/c1-47-31-11-19-21(13-33(31)49-3)29(15-43-27(19)9-17-5-23(37)35(41)24(38)6-17)45-46-30-16-44-28(10-18-7-25(39)36(42)26(40)8-18)20-12-32(48-2)34(50-4)14-22(20)30/h5-8,11-14,27-30,43-44H,9-10,15-16,41-42H2,1-4H3. The van der Waals surface area contributed by atoms with Gasteiger partial charge in [0.05, 0.1) is 39.8 Å². The molecule has 10 nitrogen and oxygen atoms in total. The lowest BCUT2D eigenvalue weighted by atomic mass is 9.87. The zero-order chi connectivity index (χ0) is 35.7. The summed E-state index contributed by atoms with van der Waals surface area (Å²) in [5, 5.41) is 17.5. The van der Waals surface area contributed by atoms with E-state index in [1.165, 1.54) is 11.1 Å². The number of anilines is 2. The summed E-state index contributed by atoms with van der Waals surface area (Å²) < 4.78 is 27.2. The highest BCUT2D eigenvalue weighted by Gasteiger charge is 2.32. The summed E-state index contributed by atoms with van der Waals surface area (Å²) in [4.78, 5) is 0. The highest BCUT2D eigenvalue weighted by molar-refractivity contribution is 14.1. The molecule has 50 heavy (non-hydrogen) atoms. The van der Waals surface area contributed by atoms with Gasteiger partial charge in [0.2, 0.25) is 0 Å². The topological polar surface area (TPSA) is 138 Å².